The number of nitrogens with zero attached hydrogens (tertiary/aromatic N) is 2. The lowest BCUT2D eigenvalue weighted by atomic mass is 9.95. The molecule has 2 atom stereocenters. The van der Waals surface area contributed by atoms with Crippen molar-refractivity contribution >= 4 is 11.6 Å². The van der Waals surface area contributed by atoms with Crippen LogP contribution in [0.3, 0.4) is 0 Å². The Morgan fingerprint density at radius 1 is 1.38 bits per heavy atom. The zero-order chi connectivity index (χ0) is 15.4. The maximum atomic E-state index is 6.21. The zero-order valence-electron chi connectivity index (χ0n) is 13.4. The van der Waals surface area contributed by atoms with Gasteiger partial charge in [-0.2, -0.15) is 0 Å². The first kappa shape index (κ1) is 16.6. The van der Waals surface area contributed by atoms with Crippen LogP contribution in [0, 0.1) is 0 Å². The van der Waals surface area contributed by atoms with E-state index in [4.69, 9.17) is 16.3 Å². The molecule has 0 saturated carbocycles. The molecule has 1 aromatic rings. The number of benzene rings is 1. The van der Waals surface area contributed by atoms with Crippen molar-refractivity contribution < 1.29 is 4.74 Å². The van der Waals surface area contributed by atoms with Crippen LogP contribution < -0.4 is 10.1 Å². The molecule has 0 spiro atoms. The molecular formula is C16H26ClN3O. The van der Waals surface area contributed by atoms with E-state index >= 15 is 0 Å². The van der Waals surface area contributed by atoms with Gasteiger partial charge in [-0.1, -0.05) is 18.5 Å². The molecule has 21 heavy (non-hydrogen) atoms. The number of hydrogen-bond donors (Lipinski definition) is 1. The molecule has 2 unspecified atom stereocenters. The van der Waals surface area contributed by atoms with Crippen molar-refractivity contribution in [1.29, 1.82) is 0 Å². The van der Waals surface area contributed by atoms with Crippen molar-refractivity contribution in [3.8, 4) is 5.75 Å². The second-order valence-corrected chi connectivity index (χ2v) is 6.17. The summed E-state index contributed by atoms with van der Waals surface area (Å²) in [4.78, 5) is 4.81. The smallest absolute Gasteiger partial charge is 0.123 e. The van der Waals surface area contributed by atoms with Crippen LogP contribution in [0.2, 0.25) is 5.02 Å². The molecule has 4 nitrogen and oxygen atoms in total. The summed E-state index contributed by atoms with van der Waals surface area (Å²) in [6.45, 7) is 6.26. The largest absolute Gasteiger partial charge is 0.496 e. The zero-order valence-corrected chi connectivity index (χ0v) is 14.2. The third-order valence-corrected chi connectivity index (χ3v) is 4.47. The molecule has 1 saturated heterocycles. The van der Waals surface area contributed by atoms with Gasteiger partial charge in [0.2, 0.25) is 0 Å². The second kappa shape index (κ2) is 7.45. The van der Waals surface area contributed by atoms with Gasteiger partial charge in [0.1, 0.15) is 5.75 Å². The molecule has 5 heteroatoms. The van der Waals surface area contributed by atoms with Gasteiger partial charge in [-0.25, -0.2) is 0 Å². The number of halogens is 1. The fourth-order valence-electron chi connectivity index (χ4n) is 3.03. The van der Waals surface area contributed by atoms with Crippen LogP contribution in [-0.4, -0.2) is 63.2 Å². The molecule has 118 valence electrons. The summed E-state index contributed by atoms with van der Waals surface area (Å²) in [6.07, 6.45) is 0. The number of methoxy groups -OCH3 is 1. The average molecular weight is 312 g/mol. The second-order valence-electron chi connectivity index (χ2n) is 5.73. The Hall–Kier alpha value is -0.810. The predicted molar refractivity (Wildman–Crippen MR) is 88.3 cm³/mol. The van der Waals surface area contributed by atoms with Crippen LogP contribution in [0.15, 0.2) is 18.2 Å². The maximum absolute atomic E-state index is 6.21. The van der Waals surface area contributed by atoms with Gasteiger partial charge in [0, 0.05) is 36.3 Å². The Morgan fingerprint density at radius 3 is 2.81 bits per heavy atom. The molecule has 0 radical (unpaired) electrons. The van der Waals surface area contributed by atoms with E-state index in [2.05, 4.69) is 36.1 Å². The fraction of sp³-hybridized carbons (Fsp3) is 0.625. The van der Waals surface area contributed by atoms with Crippen LogP contribution in [0.4, 0.5) is 0 Å². The van der Waals surface area contributed by atoms with Gasteiger partial charge in [0.25, 0.3) is 0 Å². The van der Waals surface area contributed by atoms with E-state index in [0.717, 1.165) is 42.5 Å². The molecule has 1 heterocycles. The standard InChI is InChI=1S/C16H26ClN3O/c1-5-18-16(14-11-19(2)8-9-20(14)3)13-10-12(17)6-7-15(13)21-4/h6-7,10,14,16,18H,5,8-9,11H2,1-4H3. The van der Waals surface area contributed by atoms with Gasteiger partial charge in [0.15, 0.2) is 0 Å². The van der Waals surface area contributed by atoms with Gasteiger partial charge >= 0.3 is 0 Å². The Balaban J connectivity index is 2.35. The number of piperazine rings is 1. The molecule has 0 aromatic heterocycles. The van der Waals surface area contributed by atoms with Crippen molar-refractivity contribution in [2.45, 2.75) is 19.0 Å². The van der Waals surface area contributed by atoms with Gasteiger partial charge in [-0.05, 0) is 38.8 Å². The highest BCUT2D eigenvalue weighted by atomic mass is 35.5. The van der Waals surface area contributed by atoms with E-state index in [-0.39, 0.29) is 6.04 Å². The molecule has 0 aliphatic carbocycles. The molecule has 1 aliphatic rings. The van der Waals surface area contributed by atoms with E-state index in [1.165, 1.54) is 0 Å². The summed E-state index contributed by atoms with van der Waals surface area (Å²) in [5, 5.41) is 4.37. The van der Waals surface area contributed by atoms with Gasteiger partial charge in [-0.3, -0.25) is 4.90 Å². The number of ether oxygens (including phenoxy) is 1. The molecule has 0 bridgehead atoms. The average Bonchev–Trinajstić information content (AvgIpc) is 2.47. The number of rotatable bonds is 5. The molecule has 1 fully saturated rings. The molecule has 2 rings (SSSR count). The lowest BCUT2D eigenvalue weighted by Crippen LogP contribution is -2.55. The monoisotopic (exact) mass is 311 g/mol. The Morgan fingerprint density at radius 2 is 2.14 bits per heavy atom. The van der Waals surface area contributed by atoms with Crippen molar-refractivity contribution in [2.75, 3.05) is 47.4 Å². The Kier molecular flexibility index (Phi) is 5.88. The minimum absolute atomic E-state index is 0.205. The van der Waals surface area contributed by atoms with Crippen molar-refractivity contribution in [2.24, 2.45) is 0 Å². The van der Waals surface area contributed by atoms with Crippen LogP contribution in [0.1, 0.15) is 18.5 Å². The summed E-state index contributed by atoms with van der Waals surface area (Å²) in [5.41, 5.74) is 1.14. The minimum Gasteiger partial charge on any atom is -0.496 e. The van der Waals surface area contributed by atoms with Crippen molar-refractivity contribution in [3.05, 3.63) is 28.8 Å². The van der Waals surface area contributed by atoms with E-state index < -0.39 is 0 Å². The van der Waals surface area contributed by atoms with E-state index in [0.29, 0.717) is 6.04 Å². The summed E-state index contributed by atoms with van der Waals surface area (Å²) >= 11 is 6.21. The molecule has 1 aromatic carbocycles. The summed E-state index contributed by atoms with van der Waals surface area (Å²) in [7, 11) is 6.09. The molecular weight excluding hydrogens is 286 g/mol. The highest BCUT2D eigenvalue weighted by Crippen LogP contribution is 2.32. The third kappa shape index (κ3) is 3.89. The van der Waals surface area contributed by atoms with Crippen LogP contribution >= 0.6 is 11.6 Å². The lowest BCUT2D eigenvalue weighted by Gasteiger charge is -2.42. The van der Waals surface area contributed by atoms with E-state index in [1.807, 2.05) is 18.2 Å². The SMILES string of the molecule is CCNC(c1cc(Cl)ccc1OC)C1CN(C)CCN1C. The molecule has 1 N–H and O–H groups in total. The number of nitrogens with one attached hydrogen (secondary N) is 1. The normalized spacial score (nSPS) is 22.2. The number of hydrogen-bond acceptors (Lipinski definition) is 4. The summed E-state index contributed by atoms with van der Waals surface area (Å²) < 4.78 is 5.55. The van der Waals surface area contributed by atoms with Gasteiger partial charge < -0.3 is 15.0 Å². The Bertz CT molecular complexity index is 469. The third-order valence-electron chi connectivity index (χ3n) is 4.23. The highest BCUT2D eigenvalue weighted by Gasteiger charge is 2.32. The predicted octanol–water partition coefficient (Wildman–Crippen LogP) is 2.25. The molecule has 1 aliphatic heterocycles. The fourth-order valence-corrected chi connectivity index (χ4v) is 3.21. The van der Waals surface area contributed by atoms with Crippen molar-refractivity contribution in [3.63, 3.8) is 0 Å². The van der Waals surface area contributed by atoms with Crippen LogP contribution in [0.25, 0.3) is 0 Å². The molecule has 0 amide bonds. The summed E-state index contributed by atoms with van der Waals surface area (Å²) in [5.74, 6) is 0.895. The Labute approximate surface area is 133 Å². The first-order chi connectivity index (χ1) is 10.1. The van der Waals surface area contributed by atoms with Crippen molar-refractivity contribution in [1.82, 2.24) is 15.1 Å². The summed E-state index contributed by atoms with van der Waals surface area (Å²) in [6, 6.07) is 6.46. The van der Waals surface area contributed by atoms with Crippen LogP contribution in [-0.2, 0) is 0 Å². The van der Waals surface area contributed by atoms with Gasteiger partial charge in [-0.15, -0.1) is 0 Å². The van der Waals surface area contributed by atoms with E-state index in [9.17, 15) is 0 Å². The topological polar surface area (TPSA) is 27.7 Å². The van der Waals surface area contributed by atoms with Gasteiger partial charge in [0.05, 0.1) is 13.2 Å². The van der Waals surface area contributed by atoms with Crippen LogP contribution in [0.5, 0.6) is 5.75 Å². The highest BCUT2D eigenvalue weighted by molar-refractivity contribution is 6.30. The maximum Gasteiger partial charge on any atom is 0.123 e. The lowest BCUT2D eigenvalue weighted by molar-refractivity contribution is 0.0873. The van der Waals surface area contributed by atoms with E-state index in [1.54, 1.807) is 7.11 Å². The quantitative estimate of drug-likeness (QED) is 0.902. The minimum atomic E-state index is 0.205. The first-order valence-corrected chi connectivity index (χ1v) is 7.90. The first-order valence-electron chi connectivity index (χ1n) is 7.52. The number of likely N-dealkylation sites (N-methyl/N-ethyl adjacent to an activating group) is 3.